The predicted octanol–water partition coefficient (Wildman–Crippen LogP) is 0.682. The van der Waals surface area contributed by atoms with E-state index in [0.29, 0.717) is 13.1 Å². The van der Waals surface area contributed by atoms with Crippen LogP contribution in [0.15, 0.2) is 0 Å². The van der Waals surface area contributed by atoms with Crippen LogP contribution in [0.1, 0.15) is 38.5 Å². The highest BCUT2D eigenvalue weighted by molar-refractivity contribution is 7.89. The molecule has 0 aromatic rings. The molecule has 16 heavy (non-hydrogen) atoms. The first kappa shape index (κ1) is 11.0. The molecule has 1 spiro atoms. The van der Waals surface area contributed by atoms with Gasteiger partial charge in [0, 0.05) is 24.5 Å². The van der Waals surface area contributed by atoms with Gasteiger partial charge < -0.3 is 5.73 Å². The number of rotatable bonds is 2. The minimum atomic E-state index is -3.03. The summed E-state index contributed by atoms with van der Waals surface area (Å²) >= 11 is 0. The van der Waals surface area contributed by atoms with Gasteiger partial charge in [0.15, 0.2) is 0 Å². The Labute approximate surface area is 97.2 Å². The number of hydrogen-bond donors (Lipinski definition) is 1. The van der Waals surface area contributed by atoms with Gasteiger partial charge in [0.2, 0.25) is 10.0 Å². The minimum Gasteiger partial charge on any atom is -0.326 e. The molecule has 0 radical (unpaired) electrons. The third-order valence-electron chi connectivity index (χ3n) is 4.86. The second kappa shape index (κ2) is 3.43. The van der Waals surface area contributed by atoms with Crippen LogP contribution in [0, 0.1) is 5.41 Å². The maximum Gasteiger partial charge on any atom is 0.217 e. The summed E-state index contributed by atoms with van der Waals surface area (Å²) < 4.78 is 26.2. The van der Waals surface area contributed by atoms with Crippen molar-refractivity contribution < 1.29 is 8.42 Å². The Balaban J connectivity index is 1.77. The van der Waals surface area contributed by atoms with E-state index >= 15 is 0 Å². The second-order valence-corrected chi connectivity index (χ2v) is 7.93. The molecule has 5 heteroatoms. The molecule has 1 unspecified atom stereocenters. The maximum absolute atomic E-state index is 12.3. The van der Waals surface area contributed by atoms with Gasteiger partial charge in [0.1, 0.15) is 0 Å². The fraction of sp³-hybridized carbons (Fsp3) is 1.00. The molecule has 2 aliphatic carbocycles. The molecule has 92 valence electrons. The smallest absolute Gasteiger partial charge is 0.217 e. The lowest BCUT2D eigenvalue weighted by Crippen LogP contribution is -2.45. The standard InChI is InChI=1S/C11H20N2O2S/c12-10-7-13(8-11(10)5-2-6-11)16(14,15)9-3-1-4-9/h9-10H,1-8,12H2. The van der Waals surface area contributed by atoms with Crippen molar-refractivity contribution in [2.75, 3.05) is 13.1 Å². The molecule has 1 aliphatic heterocycles. The summed E-state index contributed by atoms with van der Waals surface area (Å²) in [6, 6.07) is 0.0658. The van der Waals surface area contributed by atoms with Crippen LogP contribution >= 0.6 is 0 Å². The van der Waals surface area contributed by atoms with E-state index in [1.807, 2.05) is 0 Å². The monoisotopic (exact) mass is 244 g/mol. The van der Waals surface area contributed by atoms with Gasteiger partial charge >= 0.3 is 0 Å². The van der Waals surface area contributed by atoms with Crippen molar-refractivity contribution in [3.8, 4) is 0 Å². The van der Waals surface area contributed by atoms with E-state index in [-0.39, 0.29) is 16.7 Å². The van der Waals surface area contributed by atoms with Crippen molar-refractivity contribution in [1.82, 2.24) is 4.31 Å². The normalized spacial score (nSPS) is 34.9. The van der Waals surface area contributed by atoms with Gasteiger partial charge in [-0.15, -0.1) is 0 Å². The van der Waals surface area contributed by atoms with Crippen LogP contribution in [0.4, 0.5) is 0 Å². The van der Waals surface area contributed by atoms with E-state index in [9.17, 15) is 8.42 Å². The van der Waals surface area contributed by atoms with Crippen molar-refractivity contribution >= 4 is 10.0 Å². The summed E-state index contributed by atoms with van der Waals surface area (Å²) in [4.78, 5) is 0. The van der Waals surface area contributed by atoms with E-state index in [0.717, 1.165) is 32.1 Å². The van der Waals surface area contributed by atoms with Crippen LogP contribution < -0.4 is 5.73 Å². The lowest BCUT2D eigenvalue weighted by atomic mass is 9.66. The Hall–Kier alpha value is -0.130. The van der Waals surface area contributed by atoms with Crippen LogP contribution in [-0.2, 0) is 10.0 Å². The van der Waals surface area contributed by atoms with Crippen LogP contribution in [0.2, 0.25) is 0 Å². The molecule has 3 rings (SSSR count). The lowest BCUT2D eigenvalue weighted by Gasteiger charge is -2.41. The average molecular weight is 244 g/mol. The van der Waals surface area contributed by atoms with Gasteiger partial charge in [-0.25, -0.2) is 8.42 Å². The lowest BCUT2D eigenvalue weighted by molar-refractivity contribution is 0.132. The summed E-state index contributed by atoms with van der Waals surface area (Å²) in [5.41, 5.74) is 6.25. The van der Waals surface area contributed by atoms with Crippen molar-refractivity contribution in [3.05, 3.63) is 0 Å². The number of nitrogens with zero attached hydrogens (tertiary/aromatic N) is 1. The quantitative estimate of drug-likeness (QED) is 0.777. The van der Waals surface area contributed by atoms with E-state index in [4.69, 9.17) is 5.73 Å². The molecule has 4 nitrogen and oxygen atoms in total. The summed E-state index contributed by atoms with van der Waals surface area (Å²) in [6.07, 6.45) is 6.21. The number of hydrogen-bond acceptors (Lipinski definition) is 3. The minimum absolute atomic E-state index is 0.0658. The Morgan fingerprint density at radius 1 is 1.19 bits per heavy atom. The van der Waals surface area contributed by atoms with Crippen LogP contribution in [0.3, 0.4) is 0 Å². The van der Waals surface area contributed by atoms with Crippen LogP contribution in [0.5, 0.6) is 0 Å². The Morgan fingerprint density at radius 2 is 1.88 bits per heavy atom. The Bertz CT molecular complexity index is 385. The molecular formula is C11H20N2O2S. The summed E-state index contributed by atoms with van der Waals surface area (Å²) in [7, 11) is -3.03. The first-order valence-corrected chi connectivity index (χ1v) is 7.79. The maximum atomic E-state index is 12.3. The average Bonchev–Trinajstić information content (AvgIpc) is 2.38. The van der Waals surface area contributed by atoms with Gasteiger partial charge in [-0.1, -0.05) is 12.8 Å². The van der Waals surface area contributed by atoms with Crippen molar-refractivity contribution in [2.24, 2.45) is 11.1 Å². The van der Waals surface area contributed by atoms with Gasteiger partial charge in [0.25, 0.3) is 0 Å². The van der Waals surface area contributed by atoms with Crippen molar-refractivity contribution in [1.29, 1.82) is 0 Å². The zero-order valence-electron chi connectivity index (χ0n) is 9.56. The van der Waals surface area contributed by atoms with E-state index in [2.05, 4.69) is 0 Å². The summed E-state index contributed by atoms with van der Waals surface area (Å²) in [5, 5.41) is -0.102. The Morgan fingerprint density at radius 3 is 2.25 bits per heavy atom. The van der Waals surface area contributed by atoms with Gasteiger partial charge in [-0.05, 0) is 25.7 Å². The first-order valence-electron chi connectivity index (χ1n) is 6.29. The summed E-state index contributed by atoms with van der Waals surface area (Å²) in [6.45, 7) is 1.24. The third-order valence-corrected chi connectivity index (χ3v) is 7.17. The largest absolute Gasteiger partial charge is 0.326 e. The zero-order chi connectivity index (χ0) is 11.4. The predicted molar refractivity (Wildman–Crippen MR) is 62.4 cm³/mol. The molecule has 0 aromatic heterocycles. The molecule has 2 saturated carbocycles. The fourth-order valence-electron chi connectivity index (χ4n) is 3.18. The fourth-order valence-corrected chi connectivity index (χ4v) is 5.34. The summed E-state index contributed by atoms with van der Waals surface area (Å²) in [5.74, 6) is 0. The van der Waals surface area contributed by atoms with Crippen LogP contribution in [-0.4, -0.2) is 37.1 Å². The first-order chi connectivity index (χ1) is 7.55. The zero-order valence-corrected chi connectivity index (χ0v) is 10.4. The highest BCUT2D eigenvalue weighted by Crippen LogP contribution is 2.48. The van der Waals surface area contributed by atoms with Gasteiger partial charge in [-0.3, -0.25) is 0 Å². The highest BCUT2D eigenvalue weighted by atomic mass is 32.2. The molecule has 1 saturated heterocycles. The van der Waals surface area contributed by atoms with E-state index in [1.165, 1.54) is 6.42 Å². The molecule has 3 fully saturated rings. The van der Waals surface area contributed by atoms with Crippen LogP contribution in [0.25, 0.3) is 0 Å². The number of sulfonamides is 1. The molecule has 3 aliphatic rings. The number of nitrogens with two attached hydrogens (primary N) is 1. The highest BCUT2D eigenvalue weighted by Gasteiger charge is 2.52. The SMILES string of the molecule is NC1CN(S(=O)(=O)C2CCC2)CC12CCC2. The van der Waals surface area contributed by atoms with Crippen molar-refractivity contribution in [2.45, 2.75) is 49.8 Å². The third kappa shape index (κ3) is 1.38. The molecular weight excluding hydrogens is 224 g/mol. The molecule has 0 aromatic carbocycles. The molecule has 0 bridgehead atoms. The molecule has 1 atom stereocenters. The Kier molecular flexibility index (Phi) is 2.36. The van der Waals surface area contributed by atoms with E-state index in [1.54, 1.807) is 4.31 Å². The van der Waals surface area contributed by atoms with Gasteiger partial charge in [-0.2, -0.15) is 4.31 Å². The van der Waals surface area contributed by atoms with E-state index < -0.39 is 10.0 Å². The van der Waals surface area contributed by atoms with Crippen molar-refractivity contribution in [3.63, 3.8) is 0 Å². The van der Waals surface area contributed by atoms with Gasteiger partial charge in [0.05, 0.1) is 5.25 Å². The molecule has 0 amide bonds. The molecule has 2 N–H and O–H groups in total. The second-order valence-electron chi connectivity index (χ2n) is 5.71. The topological polar surface area (TPSA) is 63.4 Å². The molecule has 1 heterocycles.